The second-order valence-electron chi connectivity index (χ2n) is 5.76. The lowest BCUT2D eigenvalue weighted by atomic mass is 10.0. The van der Waals surface area contributed by atoms with E-state index in [9.17, 15) is 4.79 Å². The van der Waals surface area contributed by atoms with Gasteiger partial charge in [-0.05, 0) is 18.2 Å². The highest BCUT2D eigenvalue weighted by atomic mass is 127. The number of methoxy groups -OCH3 is 1. The number of rotatable bonds is 2. The fraction of sp³-hybridized carbons (Fsp3) is 0.100. The molecule has 4 nitrogen and oxygen atoms in total. The summed E-state index contributed by atoms with van der Waals surface area (Å²) in [6, 6.07) is 18.0. The number of H-pyrrole nitrogens is 1. The van der Waals surface area contributed by atoms with Crippen LogP contribution in [0.3, 0.4) is 0 Å². The standard InChI is InChI=1S/C20H16N2O2.HI/c1-22-18-10-6-3-7-13(18)11-15(20(23)24-2)19(22)16-12-21-17-9-5-4-8-14(16)17;/h3-12H,1-2H3;1H. The molecule has 2 aromatic carbocycles. The topological polar surface area (TPSA) is 46.0 Å². The number of benzene rings is 2. The van der Waals surface area contributed by atoms with Crippen LogP contribution in [-0.2, 0) is 11.8 Å². The summed E-state index contributed by atoms with van der Waals surface area (Å²) >= 11 is 0. The number of para-hydroxylation sites is 2. The molecule has 0 bridgehead atoms. The number of nitrogens with one attached hydrogen (secondary N) is 1. The number of hydrogen-bond acceptors (Lipinski definition) is 2. The zero-order chi connectivity index (χ0) is 16.7. The van der Waals surface area contributed by atoms with Crippen LogP contribution in [0, 0.1) is 0 Å². The molecule has 2 heterocycles. The first kappa shape index (κ1) is 17.4. The molecular formula is C20H17IN2O2. The zero-order valence-electron chi connectivity index (χ0n) is 13.9. The van der Waals surface area contributed by atoms with Crippen molar-refractivity contribution >= 4 is 27.8 Å². The molecule has 0 atom stereocenters. The van der Waals surface area contributed by atoms with Crippen molar-refractivity contribution in [1.29, 1.82) is 0 Å². The maximum atomic E-state index is 12.4. The molecule has 0 aliphatic heterocycles. The van der Waals surface area contributed by atoms with Gasteiger partial charge in [0, 0.05) is 28.6 Å². The highest BCUT2D eigenvalue weighted by Crippen LogP contribution is 2.30. The Morgan fingerprint density at radius 1 is 1.08 bits per heavy atom. The Bertz CT molecular complexity index is 1090. The maximum Gasteiger partial charge on any atom is 0.344 e. The molecule has 0 aliphatic carbocycles. The van der Waals surface area contributed by atoms with E-state index >= 15 is 0 Å². The normalized spacial score (nSPS) is 10.6. The van der Waals surface area contributed by atoms with Crippen LogP contribution in [0.5, 0.6) is 0 Å². The maximum absolute atomic E-state index is 12.4. The van der Waals surface area contributed by atoms with Crippen molar-refractivity contribution in [3.05, 3.63) is 66.4 Å². The van der Waals surface area contributed by atoms with Crippen LogP contribution in [0.1, 0.15) is 10.4 Å². The van der Waals surface area contributed by atoms with E-state index in [0.717, 1.165) is 33.1 Å². The van der Waals surface area contributed by atoms with E-state index in [-0.39, 0.29) is 29.9 Å². The number of pyridine rings is 1. The Balaban J connectivity index is 0.00000182. The predicted octanol–water partition coefficient (Wildman–Crippen LogP) is 0.603. The third kappa shape index (κ3) is 2.78. The van der Waals surface area contributed by atoms with Gasteiger partial charge in [-0.2, -0.15) is 4.57 Å². The Morgan fingerprint density at radius 3 is 2.60 bits per heavy atom. The molecule has 0 saturated carbocycles. The first-order chi connectivity index (χ1) is 11.7. The van der Waals surface area contributed by atoms with E-state index < -0.39 is 0 Å². The lowest BCUT2D eigenvalue weighted by molar-refractivity contribution is -0.633. The molecule has 4 aromatic rings. The number of esters is 1. The predicted molar refractivity (Wildman–Crippen MR) is 93.8 cm³/mol. The molecule has 0 saturated heterocycles. The smallest absolute Gasteiger partial charge is 0.344 e. The molecule has 4 rings (SSSR count). The van der Waals surface area contributed by atoms with E-state index in [1.807, 2.05) is 55.7 Å². The summed E-state index contributed by atoms with van der Waals surface area (Å²) < 4.78 is 7.08. The number of nitrogens with zero attached hydrogens (tertiary/aromatic N) is 1. The largest absolute Gasteiger partial charge is 1.00 e. The summed E-state index contributed by atoms with van der Waals surface area (Å²) in [4.78, 5) is 15.7. The number of fused-ring (bicyclic) bond motifs is 2. The number of hydrogen-bond donors (Lipinski definition) is 1. The van der Waals surface area contributed by atoms with Gasteiger partial charge >= 0.3 is 5.97 Å². The van der Waals surface area contributed by atoms with Gasteiger partial charge in [0.1, 0.15) is 12.6 Å². The number of aromatic amines is 1. The van der Waals surface area contributed by atoms with Crippen molar-refractivity contribution in [2.45, 2.75) is 0 Å². The van der Waals surface area contributed by atoms with Gasteiger partial charge in [-0.1, -0.05) is 30.3 Å². The Kier molecular flexibility index (Phi) is 4.76. The minimum Gasteiger partial charge on any atom is -1.00 e. The van der Waals surface area contributed by atoms with E-state index in [0.29, 0.717) is 5.56 Å². The molecule has 2 aromatic heterocycles. The molecular weight excluding hydrogens is 427 g/mol. The van der Waals surface area contributed by atoms with Gasteiger partial charge in [0.15, 0.2) is 0 Å². The fourth-order valence-corrected chi connectivity index (χ4v) is 3.30. The van der Waals surface area contributed by atoms with Crippen molar-refractivity contribution in [1.82, 2.24) is 4.98 Å². The van der Waals surface area contributed by atoms with E-state index in [1.54, 1.807) is 0 Å². The van der Waals surface area contributed by atoms with Crippen LogP contribution in [0.15, 0.2) is 60.8 Å². The number of ether oxygens (including phenoxy) is 1. The van der Waals surface area contributed by atoms with Gasteiger partial charge in [-0.15, -0.1) is 0 Å². The summed E-state index contributed by atoms with van der Waals surface area (Å²) in [6.07, 6.45) is 1.95. The first-order valence-electron chi connectivity index (χ1n) is 7.77. The Hall–Kier alpha value is -2.41. The van der Waals surface area contributed by atoms with Crippen LogP contribution in [0.2, 0.25) is 0 Å². The van der Waals surface area contributed by atoms with Crippen molar-refractivity contribution in [3.8, 4) is 11.3 Å². The summed E-state index contributed by atoms with van der Waals surface area (Å²) in [6.45, 7) is 0. The number of aryl methyl sites for hydroxylation is 1. The number of carbonyl (C=O) groups excluding carboxylic acids is 1. The summed E-state index contributed by atoms with van der Waals surface area (Å²) in [7, 11) is 3.39. The molecule has 0 amide bonds. The molecule has 0 fully saturated rings. The van der Waals surface area contributed by atoms with Crippen molar-refractivity contribution in [2.24, 2.45) is 7.05 Å². The number of halogens is 1. The van der Waals surface area contributed by atoms with Crippen LogP contribution >= 0.6 is 0 Å². The second kappa shape index (κ2) is 6.84. The van der Waals surface area contributed by atoms with Gasteiger partial charge in [0.05, 0.1) is 12.7 Å². The van der Waals surface area contributed by atoms with Crippen molar-refractivity contribution in [2.75, 3.05) is 7.11 Å². The highest BCUT2D eigenvalue weighted by molar-refractivity contribution is 6.03. The lowest BCUT2D eigenvalue weighted by Gasteiger charge is -2.08. The summed E-state index contributed by atoms with van der Waals surface area (Å²) in [5.74, 6) is -0.336. The van der Waals surface area contributed by atoms with Gasteiger partial charge in [0.25, 0.3) is 0 Å². The van der Waals surface area contributed by atoms with Crippen molar-refractivity contribution in [3.63, 3.8) is 0 Å². The Morgan fingerprint density at radius 2 is 1.80 bits per heavy atom. The zero-order valence-corrected chi connectivity index (χ0v) is 16.1. The minimum atomic E-state index is -0.336. The van der Waals surface area contributed by atoms with Crippen molar-refractivity contribution < 1.29 is 38.1 Å². The average molecular weight is 444 g/mol. The fourth-order valence-electron chi connectivity index (χ4n) is 3.30. The molecule has 1 N–H and O–H groups in total. The van der Waals surface area contributed by atoms with Gasteiger partial charge in [-0.3, -0.25) is 0 Å². The van der Waals surface area contributed by atoms with Crippen LogP contribution in [-0.4, -0.2) is 18.1 Å². The Labute approximate surface area is 162 Å². The molecule has 5 heteroatoms. The van der Waals surface area contributed by atoms with Crippen LogP contribution in [0.25, 0.3) is 33.1 Å². The average Bonchev–Trinajstić information content (AvgIpc) is 3.05. The molecule has 126 valence electrons. The molecule has 0 aliphatic rings. The van der Waals surface area contributed by atoms with E-state index in [1.165, 1.54) is 7.11 Å². The SMILES string of the molecule is COC(=O)c1cc2ccccc2[n+](C)c1-c1c[nH]c2ccccc12.[I-]. The third-order valence-electron chi connectivity index (χ3n) is 4.44. The molecule has 0 spiro atoms. The lowest BCUT2D eigenvalue weighted by Crippen LogP contribution is -3.00. The quantitative estimate of drug-likeness (QED) is 0.280. The van der Waals surface area contributed by atoms with Crippen LogP contribution < -0.4 is 28.5 Å². The van der Waals surface area contributed by atoms with Gasteiger partial charge in [0.2, 0.25) is 11.2 Å². The summed E-state index contributed by atoms with van der Waals surface area (Å²) in [5.41, 5.74) is 4.49. The van der Waals surface area contributed by atoms with Gasteiger partial charge in [-0.25, -0.2) is 4.79 Å². The molecule has 25 heavy (non-hydrogen) atoms. The van der Waals surface area contributed by atoms with E-state index in [2.05, 4.69) is 21.7 Å². The van der Waals surface area contributed by atoms with Gasteiger partial charge < -0.3 is 33.7 Å². The number of aromatic nitrogens is 2. The van der Waals surface area contributed by atoms with E-state index in [4.69, 9.17) is 4.74 Å². The monoisotopic (exact) mass is 444 g/mol. The molecule has 0 unspecified atom stereocenters. The minimum absolute atomic E-state index is 0. The number of carbonyl (C=O) groups is 1. The third-order valence-corrected chi connectivity index (χ3v) is 4.44. The molecule has 0 radical (unpaired) electrons. The first-order valence-corrected chi connectivity index (χ1v) is 7.77. The van der Waals surface area contributed by atoms with Crippen LogP contribution in [0.4, 0.5) is 0 Å². The highest BCUT2D eigenvalue weighted by Gasteiger charge is 2.27. The summed E-state index contributed by atoms with van der Waals surface area (Å²) in [5, 5.41) is 2.08. The second-order valence-corrected chi connectivity index (χ2v) is 5.76.